The molecule has 202 valence electrons. The van der Waals surface area contributed by atoms with Crippen molar-refractivity contribution in [2.45, 2.75) is 33.4 Å². The van der Waals surface area contributed by atoms with E-state index in [9.17, 15) is 14.4 Å². The first-order chi connectivity index (χ1) is 18.8. The van der Waals surface area contributed by atoms with Gasteiger partial charge in [-0.3, -0.25) is 18.7 Å². The summed E-state index contributed by atoms with van der Waals surface area (Å²) in [6, 6.07) is 0.131. The Kier molecular flexibility index (Phi) is 6.74. The predicted octanol–water partition coefficient (Wildman–Crippen LogP) is -0.109. The van der Waals surface area contributed by atoms with Gasteiger partial charge in [-0.05, 0) is 19.4 Å². The van der Waals surface area contributed by atoms with Gasteiger partial charge in [-0.25, -0.2) is 24.7 Å². The van der Waals surface area contributed by atoms with Crippen LogP contribution in [0.15, 0.2) is 28.3 Å². The van der Waals surface area contributed by atoms with E-state index in [0.29, 0.717) is 35.8 Å². The molecule has 0 unspecified atom stereocenters. The number of nitrogens with one attached hydrogen (secondary N) is 2. The molecule has 0 saturated carbocycles. The molecular weight excluding hydrogens is 508 g/mol. The second kappa shape index (κ2) is 10.3. The largest absolute Gasteiger partial charge is 0.462 e. The summed E-state index contributed by atoms with van der Waals surface area (Å²) in [7, 11) is 1.59. The van der Waals surface area contributed by atoms with E-state index < -0.39 is 11.2 Å². The van der Waals surface area contributed by atoms with Crippen molar-refractivity contribution < 1.29 is 9.53 Å². The summed E-state index contributed by atoms with van der Waals surface area (Å²) >= 11 is 0. The number of hydrogen-bond acceptors (Lipinski definition) is 12. The first-order valence-electron chi connectivity index (χ1n) is 12.2. The summed E-state index contributed by atoms with van der Waals surface area (Å²) < 4.78 is 9.49. The normalized spacial score (nSPS) is 11.4. The quantitative estimate of drug-likeness (QED) is 0.158. The van der Waals surface area contributed by atoms with E-state index in [2.05, 4.69) is 40.2 Å². The summed E-state index contributed by atoms with van der Waals surface area (Å²) in [5, 5.41) is 3.00. The van der Waals surface area contributed by atoms with Gasteiger partial charge < -0.3 is 25.3 Å². The second-order valence-electron chi connectivity index (χ2n) is 8.53. The molecule has 0 aromatic carbocycles. The number of hydrogen-bond donors (Lipinski definition) is 3. The summed E-state index contributed by atoms with van der Waals surface area (Å²) in [4.78, 5) is 66.6. The van der Waals surface area contributed by atoms with Crippen molar-refractivity contribution in [2.24, 2.45) is 7.05 Å². The van der Waals surface area contributed by atoms with E-state index in [4.69, 9.17) is 10.5 Å². The number of nitrogens with two attached hydrogens (primary N) is 1. The Hall–Kier alpha value is -5.15. The molecule has 5 aromatic heterocycles. The molecule has 5 aromatic rings. The Bertz CT molecular complexity index is 1800. The molecule has 0 aliphatic heterocycles. The van der Waals surface area contributed by atoms with Crippen LogP contribution < -0.4 is 27.0 Å². The lowest BCUT2D eigenvalue weighted by Crippen LogP contribution is -2.39. The van der Waals surface area contributed by atoms with Crippen molar-refractivity contribution in [1.82, 2.24) is 48.6 Å². The van der Waals surface area contributed by atoms with Crippen LogP contribution in [0.5, 0.6) is 6.01 Å². The number of rotatable bonds is 10. The fourth-order valence-electron chi connectivity index (χ4n) is 4.19. The number of aromatic nitrogens is 10. The van der Waals surface area contributed by atoms with Gasteiger partial charge in [0.05, 0.1) is 12.9 Å². The lowest BCUT2D eigenvalue weighted by Gasteiger charge is -2.08. The Labute approximate surface area is 219 Å². The Balaban J connectivity index is 1.23. The zero-order chi connectivity index (χ0) is 27.7. The van der Waals surface area contributed by atoms with E-state index in [-0.39, 0.29) is 54.2 Å². The van der Waals surface area contributed by atoms with Gasteiger partial charge >= 0.3 is 11.7 Å². The van der Waals surface area contributed by atoms with Crippen molar-refractivity contribution in [3.05, 3.63) is 50.9 Å². The lowest BCUT2D eigenvalue weighted by molar-refractivity contribution is 0.0980. The maximum absolute atomic E-state index is 13.1. The minimum Gasteiger partial charge on any atom is -0.462 e. The number of nitrogen functional groups attached to an aromatic ring is 1. The molecule has 0 bridgehead atoms. The van der Waals surface area contributed by atoms with E-state index in [1.165, 1.54) is 27.9 Å². The van der Waals surface area contributed by atoms with Crippen molar-refractivity contribution in [3.8, 4) is 6.01 Å². The summed E-state index contributed by atoms with van der Waals surface area (Å²) in [6.45, 7) is 4.59. The van der Waals surface area contributed by atoms with Gasteiger partial charge in [0.2, 0.25) is 11.7 Å². The Morgan fingerprint density at radius 3 is 2.54 bits per heavy atom. The zero-order valence-corrected chi connectivity index (χ0v) is 21.5. The van der Waals surface area contributed by atoms with Crippen LogP contribution in [0.2, 0.25) is 0 Å². The van der Waals surface area contributed by atoms with Crippen molar-refractivity contribution in [3.63, 3.8) is 0 Å². The van der Waals surface area contributed by atoms with Crippen molar-refractivity contribution in [2.75, 3.05) is 24.2 Å². The van der Waals surface area contributed by atoms with Crippen LogP contribution in [-0.2, 0) is 26.6 Å². The van der Waals surface area contributed by atoms with Crippen molar-refractivity contribution in [1.29, 1.82) is 0 Å². The van der Waals surface area contributed by atoms with E-state index in [1.807, 2.05) is 0 Å². The fourth-order valence-corrected chi connectivity index (χ4v) is 4.19. The van der Waals surface area contributed by atoms with Gasteiger partial charge in [0, 0.05) is 39.0 Å². The molecular formula is C23H26N12O4. The van der Waals surface area contributed by atoms with Crippen LogP contribution in [-0.4, -0.2) is 67.5 Å². The van der Waals surface area contributed by atoms with Gasteiger partial charge in [0.15, 0.2) is 28.5 Å². The molecule has 4 N–H and O–H groups in total. The molecule has 0 saturated heterocycles. The first-order valence-corrected chi connectivity index (χ1v) is 12.2. The topological polar surface area (TPSA) is 206 Å². The fraction of sp³-hybridized carbons (Fsp3) is 0.348. The highest BCUT2D eigenvalue weighted by molar-refractivity contribution is 5.97. The highest BCUT2D eigenvalue weighted by Crippen LogP contribution is 2.15. The zero-order valence-electron chi connectivity index (χ0n) is 21.5. The standard InChI is InChI=1S/C23H26N12O4/c1-4-34-19-15(20(37)35(5-2)23(34)38)33(3)18(32-19)13(36)8-12-9-26-22(27-10-12)39-7-6-25-21-30-16(24)14-17(31-21)29-11-28-14/h9-11H,4-8H2,1-3H3,(H4,24,25,28,29,30,31). The highest BCUT2D eigenvalue weighted by Gasteiger charge is 2.22. The smallest absolute Gasteiger partial charge is 0.332 e. The van der Waals surface area contributed by atoms with Gasteiger partial charge in [-0.1, -0.05) is 0 Å². The molecule has 0 fully saturated rings. The number of imidazole rings is 2. The third kappa shape index (κ3) is 4.67. The Morgan fingerprint density at radius 1 is 1.08 bits per heavy atom. The molecule has 39 heavy (non-hydrogen) atoms. The minimum absolute atomic E-state index is 0.0498. The molecule has 0 amide bonds. The van der Waals surface area contributed by atoms with E-state index in [1.54, 1.807) is 20.9 Å². The maximum Gasteiger partial charge on any atom is 0.332 e. The first kappa shape index (κ1) is 25.5. The number of ketones is 1. The number of H-pyrrole nitrogens is 1. The predicted molar refractivity (Wildman–Crippen MR) is 141 cm³/mol. The molecule has 0 aliphatic carbocycles. The molecule has 0 radical (unpaired) electrons. The molecule has 5 heterocycles. The molecule has 5 rings (SSSR count). The number of anilines is 2. The Morgan fingerprint density at radius 2 is 1.82 bits per heavy atom. The number of fused-ring (bicyclic) bond motifs is 2. The monoisotopic (exact) mass is 534 g/mol. The second-order valence-corrected chi connectivity index (χ2v) is 8.53. The molecule has 0 spiro atoms. The maximum atomic E-state index is 13.1. The van der Waals surface area contributed by atoms with Crippen LogP contribution >= 0.6 is 0 Å². The van der Waals surface area contributed by atoms with Crippen LogP contribution in [0.3, 0.4) is 0 Å². The number of aryl methyl sites for hydroxylation is 2. The molecule has 16 heteroatoms. The third-order valence-electron chi connectivity index (χ3n) is 6.10. The number of carbonyl (C=O) groups excluding carboxylic acids is 1. The van der Waals surface area contributed by atoms with Crippen LogP contribution in [0.25, 0.3) is 22.3 Å². The van der Waals surface area contributed by atoms with E-state index in [0.717, 1.165) is 4.57 Å². The SMILES string of the molecule is CCn1c(=O)c2c(nc(C(=O)Cc3cnc(OCCNc4nc(N)c5[nH]cnc5n4)nc3)n2C)n(CC)c1=O. The highest BCUT2D eigenvalue weighted by atomic mass is 16.5. The minimum atomic E-state index is -0.479. The van der Waals surface area contributed by atoms with Gasteiger partial charge in [0.1, 0.15) is 12.1 Å². The average molecular weight is 535 g/mol. The van der Waals surface area contributed by atoms with Crippen molar-refractivity contribution >= 4 is 39.9 Å². The number of aromatic amines is 1. The average Bonchev–Trinajstić information content (AvgIpc) is 3.53. The van der Waals surface area contributed by atoms with Crippen LogP contribution in [0, 0.1) is 0 Å². The van der Waals surface area contributed by atoms with Gasteiger partial charge in [-0.2, -0.15) is 9.97 Å². The number of nitrogens with zero attached hydrogens (tertiary/aromatic N) is 9. The molecule has 0 aliphatic rings. The number of Topliss-reactive ketones (excluding diaryl/α,β-unsaturated/α-hetero) is 1. The van der Waals surface area contributed by atoms with Crippen LogP contribution in [0.4, 0.5) is 11.8 Å². The van der Waals surface area contributed by atoms with Gasteiger partial charge in [-0.15, -0.1) is 0 Å². The summed E-state index contributed by atoms with van der Waals surface area (Å²) in [5.41, 5.74) is 6.89. The molecule has 16 nitrogen and oxygen atoms in total. The van der Waals surface area contributed by atoms with Crippen LogP contribution in [0.1, 0.15) is 30.0 Å². The lowest BCUT2D eigenvalue weighted by atomic mass is 10.1. The summed E-state index contributed by atoms with van der Waals surface area (Å²) in [5.74, 6) is 0.323. The number of carbonyl (C=O) groups is 1. The van der Waals surface area contributed by atoms with Gasteiger partial charge in [0.25, 0.3) is 5.56 Å². The van der Waals surface area contributed by atoms with E-state index >= 15 is 0 Å². The molecule has 0 atom stereocenters. The third-order valence-corrected chi connectivity index (χ3v) is 6.10. The summed E-state index contributed by atoms with van der Waals surface area (Å²) in [6.07, 6.45) is 4.41. The number of ether oxygens (including phenoxy) is 1.